The molecule has 6 heterocycles. The maximum atomic E-state index is 13.6. The van der Waals surface area contributed by atoms with Crippen LogP contribution < -0.4 is 10.1 Å². The zero-order chi connectivity index (χ0) is 51.1. The molecule has 1 unspecified atom stereocenters. The maximum absolute atomic E-state index is 13.6. The van der Waals surface area contributed by atoms with Gasteiger partial charge in [0.1, 0.15) is 23.6 Å². The van der Waals surface area contributed by atoms with Crippen molar-refractivity contribution in [3.8, 4) is 16.3 Å². The highest BCUT2D eigenvalue weighted by Gasteiger charge is 2.45. The number of thiazole rings is 2. The topological polar surface area (TPSA) is 214 Å². The molecular weight excluding hydrogens is 943 g/mol. The van der Waals surface area contributed by atoms with Gasteiger partial charge < -0.3 is 39.1 Å². The second-order valence-corrected chi connectivity index (χ2v) is 21.2. The van der Waals surface area contributed by atoms with Gasteiger partial charge in [0.2, 0.25) is 17.7 Å². The normalized spacial score (nSPS) is 21.2. The highest BCUT2D eigenvalue weighted by molar-refractivity contribution is 7.13. The van der Waals surface area contributed by atoms with Crippen molar-refractivity contribution >= 4 is 46.2 Å². The molecular formula is C53H67N7O9S2. The van der Waals surface area contributed by atoms with Crippen LogP contribution in [0.3, 0.4) is 0 Å². The van der Waals surface area contributed by atoms with Crippen LogP contribution in [0.5, 0.6) is 5.88 Å². The Labute approximate surface area is 423 Å². The molecule has 0 spiro atoms. The van der Waals surface area contributed by atoms with Crippen molar-refractivity contribution in [3.63, 3.8) is 0 Å². The number of amides is 3. The molecule has 2 saturated heterocycles. The molecule has 2 aliphatic heterocycles. The number of hydrogen-bond acceptors (Lipinski definition) is 15. The first-order valence-corrected chi connectivity index (χ1v) is 26.2. The Morgan fingerprint density at radius 2 is 1.44 bits per heavy atom. The quantitative estimate of drug-likeness (QED) is 0.0797. The molecule has 3 amide bonds. The zero-order valence-corrected chi connectivity index (χ0v) is 43.7. The van der Waals surface area contributed by atoms with E-state index in [-0.39, 0.29) is 67.3 Å². The molecule has 0 radical (unpaired) electrons. The van der Waals surface area contributed by atoms with Crippen LogP contribution >= 0.6 is 22.7 Å². The highest BCUT2D eigenvalue weighted by Crippen LogP contribution is 2.36. The number of likely N-dealkylation sites (tertiary alicyclic amines) is 2. The van der Waals surface area contributed by atoms with Gasteiger partial charge in [-0.1, -0.05) is 87.8 Å². The summed E-state index contributed by atoms with van der Waals surface area (Å²) in [4.78, 5) is 67.9. The molecule has 8 rings (SSSR count). The minimum atomic E-state index is -0.754. The van der Waals surface area contributed by atoms with Gasteiger partial charge in [-0.25, -0.2) is 9.97 Å². The number of Topliss-reactive ketones (excluding diaryl/α,β-unsaturated/α-hetero) is 1. The Bertz CT molecular complexity index is 2680. The van der Waals surface area contributed by atoms with Crippen molar-refractivity contribution in [2.75, 3.05) is 20.2 Å². The Morgan fingerprint density at radius 3 is 1.96 bits per heavy atom. The lowest BCUT2D eigenvalue weighted by Gasteiger charge is -2.30. The first-order valence-electron chi connectivity index (χ1n) is 24.5. The summed E-state index contributed by atoms with van der Waals surface area (Å²) in [5, 5.41) is 31.6. The van der Waals surface area contributed by atoms with Gasteiger partial charge in [0, 0.05) is 55.3 Å². The second kappa shape index (κ2) is 23.6. The van der Waals surface area contributed by atoms with Gasteiger partial charge in [0.25, 0.3) is 5.88 Å². The summed E-state index contributed by atoms with van der Waals surface area (Å²) in [6, 6.07) is 9.92. The lowest BCUT2D eigenvalue weighted by Crippen LogP contribution is -2.48. The average Bonchev–Trinajstić information content (AvgIpc) is 4.23. The van der Waals surface area contributed by atoms with E-state index in [4.69, 9.17) is 13.8 Å². The fourth-order valence-corrected chi connectivity index (χ4v) is 11.5. The third-order valence-corrected chi connectivity index (χ3v) is 15.7. The summed E-state index contributed by atoms with van der Waals surface area (Å²) in [5.41, 5.74) is 9.70. The first-order chi connectivity index (χ1) is 34.0. The van der Waals surface area contributed by atoms with Crippen molar-refractivity contribution < 1.29 is 43.2 Å². The minimum absolute atomic E-state index is 0.0257. The van der Waals surface area contributed by atoms with E-state index in [2.05, 4.69) is 43.8 Å². The van der Waals surface area contributed by atoms with Gasteiger partial charge in [-0.05, 0) is 68.2 Å². The molecule has 0 saturated carbocycles. The average molecular weight is 1010 g/mol. The Kier molecular flexibility index (Phi) is 17.6. The molecule has 3 aliphatic rings. The Balaban J connectivity index is 0.000000209. The van der Waals surface area contributed by atoms with Crippen LogP contribution in [0.2, 0.25) is 0 Å². The van der Waals surface area contributed by atoms with Crippen LogP contribution in [0.15, 0.2) is 80.3 Å². The highest BCUT2D eigenvalue weighted by atomic mass is 32.1. The summed E-state index contributed by atoms with van der Waals surface area (Å²) < 4.78 is 15.9. The molecule has 2 fully saturated rings. The van der Waals surface area contributed by atoms with Crippen LogP contribution in [0, 0.1) is 32.6 Å². The lowest BCUT2D eigenvalue weighted by atomic mass is 9.90. The van der Waals surface area contributed by atoms with E-state index < -0.39 is 36.1 Å². The zero-order valence-electron chi connectivity index (χ0n) is 42.0. The van der Waals surface area contributed by atoms with Gasteiger partial charge in [-0.2, -0.15) is 0 Å². The summed E-state index contributed by atoms with van der Waals surface area (Å²) in [6.45, 7) is 15.8. The number of aryl methyl sites for hydroxylation is 3. The predicted molar refractivity (Wildman–Crippen MR) is 271 cm³/mol. The molecule has 18 heteroatoms. The molecule has 16 nitrogen and oxygen atoms in total. The number of ether oxygens (including phenoxy) is 1. The third-order valence-electron chi connectivity index (χ3n) is 13.6. The van der Waals surface area contributed by atoms with Crippen LogP contribution in [0.1, 0.15) is 136 Å². The summed E-state index contributed by atoms with van der Waals surface area (Å²) in [6.07, 6.45) is 8.00. The van der Waals surface area contributed by atoms with Crippen LogP contribution in [0.4, 0.5) is 0 Å². The Morgan fingerprint density at radius 1 is 0.831 bits per heavy atom. The van der Waals surface area contributed by atoms with E-state index in [1.165, 1.54) is 21.8 Å². The number of benzene rings is 1. The number of aliphatic hydroxyl groups excluding tert-OH is 2. The largest absolute Gasteiger partial charge is 0.479 e. The maximum Gasteiger partial charge on any atom is 0.254 e. The van der Waals surface area contributed by atoms with Crippen LogP contribution in [-0.4, -0.2) is 108 Å². The van der Waals surface area contributed by atoms with E-state index in [0.29, 0.717) is 48.3 Å². The number of aliphatic hydroxyl groups is 2. The number of β-amino-alcohol motifs (C(OH)–C–C–N with tert-alkyl or cyclic N) is 2. The standard InChI is InChI=1S/C27H34N4O4S.C26H33N3O5S/c1-6-21(18-7-9-19(10-8-18)25-17(5)28-14-36-25)29-26(33)22-12-20(32)13-31(22)27(34)24(15(2)3)23-11-16(4)30-35-23;1-15(2)24(22-12-23(33-4)28-34-22)26(32)29-13-19(30)11-20(29)21(31)10-7-17-5-8-18(9-6-17)25-16(3)27-14-35-25/h7-11,14-15,20-22,24,32H,6,12-13H2,1-5H3,(H,29,33);5-6,8,12,14-15,18-20,24,30H,7,9-11,13H2,1-4H3/t20-,21+,22+,24-;18?,19-,20+,24-/m11/s1. The molecule has 1 aliphatic carbocycles. The molecule has 5 aromatic rings. The molecule has 8 atom stereocenters. The van der Waals surface area contributed by atoms with E-state index in [0.717, 1.165) is 39.4 Å². The number of hydrogen-bond donors (Lipinski definition) is 3. The molecule has 71 heavy (non-hydrogen) atoms. The number of nitrogens with one attached hydrogen (secondary N) is 1. The second-order valence-electron chi connectivity index (χ2n) is 19.5. The summed E-state index contributed by atoms with van der Waals surface area (Å²) >= 11 is 3.28. The third kappa shape index (κ3) is 12.4. The SMILES string of the molecule is CC[C@H](NC(=O)[C@@H]1C[C@@H](O)CN1C(=O)[C@@H](c1cc(C)no1)C(C)C)c1ccc(-c2scnc2C)cc1.COc1cc([C@H](C(=O)N2C[C@H](O)C[C@H]2C(=O)CCC2=CCC(c3scnc3C)C=C2)C(C)C)on1. The van der Waals surface area contributed by atoms with Gasteiger partial charge in [-0.15, -0.1) is 22.7 Å². The summed E-state index contributed by atoms with van der Waals surface area (Å²) in [7, 11) is 1.48. The number of carbonyl (C=O) groups excluding carboxylic acids is 4. The van der Waals surface area contributed by atoms with E-state index >= 15 is 0 Å². The van der Waals surface area contributed by atoms with Gasteiger partial charge in [0.05, 0.1) is 64.4 Å². The Hall–Kier alpha value is -5.82. The first kappa shape index (κ1) is 53.0. The number of ketones is 1. The number of carbonyl (C=O) groups is 4. The molecule has 1 aromatic carbocycles. The van der Waals surface area contributed by atoms with Gasteiger partial charge in [-0.3, -0.25) is 19.2 Å². The molecule has 3 N–H and O–H groups in total. The fourth-order valence-electron chi connectivity index (χ4n) is 9.82. The van der Waals surface area contributed by atoms with Gasteiger partial charge >= 0.3 is 0 Å². The summed E-state index contributed by atoms with van der Waals surface area (Å²) in [5.74, 6) is -0.544. The van der Waals surface area contributed by atoms with Crippen molar-refractivity contribution in [2.24, 2.45) is 11.8 Å². The van der Waals surface area contributed by atoms with Crippen molar-refractivity contribution in [1.29, 1.82) is 0 Å². The van der Waals surface area contributed by atoms with E-state index in [9.17, 15) is 29.4 Å². The van der Waals surface area contributed by atoms with Crippen molar-refractivity contribution in [3.05, 3.63) is 110 Å². The fraction of sp³-hybridized carbons (Fsp3) is 0.509. The number of rotatable bonds is 17. The monoisotopic (exact) mass is 1010 g/mol. The molecule has 0 bridgehead atoms. The lowest BCUT2D eigenvalue weighted by molar-refractivity contribution is -0.141. The predicted octanol–water partition coefficient (Wildman–Crippen LogP) is 8.55. The molecule has 380 valence electrons. The van der Waals surface area contributed by atoms with Crippen LogP contribution in [-0.2, 0) is 19.2 Å². The van der Waals surface area contributed by atoms with Crippen molar-refractivity contribution in [2.45, 2.75) is 142 Å². The molecule has 4 aromatic heterocycles. The number of methoxy groups -OCH3 is 1. The van der Waals surface area contributed by atoms with Crippen molar-refractivity contribution in [1.82, 2.24) is 35.4 Å². The number of allylic oxidation sites excluding steroid dienone is 4. The number of nitrogens with zero attached hydrogens (tertiary/aromatic N) is 6. The van der Waals surface area contributed by atoms with E-state index in [1.807, 2.05) is 83.8 Å². The van der Waals surface area contributed by atoms with E-state index in [1.54, 1.807) is 41.7 Å². The van der Waals surface area contributed by atoms with Crippen LogP contribution in [0.25, 0.3) is 10.4 Å². The smallest absolute Gasteiger partial charge is 0.254 e. The number of aromatic nitrogens is 4. The minimum Gasteiger partial charge on any atom is -0.479 e. The van der Waals surface area contributed by atoms with Gasteiger partial charge in [0.15, 0.2) is 11.5 Å².